The number of aryl methyl sites for hydroxylation is 1. The highest BCUT2D eigenvalue weighted by Gasteiger charge is 2.36. The minimum atomic E-state index is -4.18. The smallest absolute Gasteiger partial charge is 0.264 e. The number of hydrogen-bond donors (Lipinski definition) is 1. The third kappa shape index (κ3) is 8.55. The van der Waals surface area contributed by atoms with E-state index < -0.39 is 28.5 Å². The first-order valence-electron chi connectivity index (χ1n) is 15.9. The Morgan fingerprint density at radius 1 is 0.830 bits per heavy atom. The summed E-state index contributed by atoms with van der Waals surface area (Å²) in [6, 6.07) is 28.9. The Kier molecular flexibility index (Phi) is 11.6. The third-order valence-electron chi connectivity index (χ3n) is 8.56. The van der Waals surface area contributed by atoms with E-state index in [-0.39, 0.29) is 29.8 Å². The van der Waals surface area contributed by atoms with E-state index in [1.54, 1.807) is 48.5 Å². The lowest BCUT2D eigenvalue weighted by Crippen LogP contribution is -2.54. The van der Waals surface area contributed by atoms with E-state index in [1.807, 2.05) is 49.4 Å². The summed E-state index contributed by atoms with van der Waals surface area (Å²) in [5, 5.41) is 3.87. The van der Waals surface area contributed by atoms with Gasteiger partial charge in [-0.1, -0.05) is 116 Å². The number of hydrogen-bond acceptors (Lipinski definition) is 4. The van der Waals surface area contributed by atoms with Crippen LogP contribution in [-0.2, 0) is 39.0 Å². The number of sulfonamides is 1. The average Bonchev–Trinajstić information content (AvgIpc) is 3.60. The Balaban J connectivity index is 1.59. The van der Waals surface area contributed by atoms with E-state index in [0.29, 0.717) is 27.7 Å². The number of carbonyl (C=O) groups is 2. The SMILES string of the molecule is CCc1ccccc1N(CC(=O)N(Cc1ccc(Cl)c(Cl)c1)[C@@H](Cc1ccccc1)C(=O)NC1CCCC1)S(=O)(=O)c1ccccc1. The molecule has 2 amide bonds. The van der Waals surface area contributed by atoms with E-state index in [4.69, 9.17) is 23.2 Å². The first-order valence-corrected chi connectivity index (χ1v) is 18.1. The predicted octanol–water partition coefficient (Wildman–Crippen LogP) is 7.45. The second kappa shape index (κ2) is 15.8. The molecule has 0 unspecified atom stereocenters. The maximum atomic E-state index is 14.7. The molecule has 0 heterocycles. The van der Waals surface area contributed by atoms with Gasteiger partial charge in [-0.15, -0.1) is 0 Å². The Morgan fingerprint density at radius 3 is 2.13 bits per heavy atom. The number of benzene rings is 4. The average molecular weight is 693 g/mol. The van der Waals surface area contributed by atoms with Crippen molar-refractivity contribution in [1.29, 1.82) is 0 Å². The van der Waals surface area contributed by atoms with Crippen molar-refractivity contribution >= 4 is 50.7 Å². The van der Waals surface area contributed by atoms with Gasteiger partial charge in [0.2, 0.25) is 11.8 Å². The van der Waals surface area contributed by atoms with Crippen molar-refractivity contribution in [3.63, 3.8) is 0 Å². The Bertz CT molecular complexity index is 1780. The highest BCUT2D eigenvalue weighted by Crippen LogP contribution is 2.29. The lowest BCUT2D eigenvalue weighted by molar-refractivity contribution is -0.140. The molecule has 47 heavy (non-hydrogen) atoms. The van der Waals surface area contributed by atoms with Gasteiger partial charge in [-0.25, -0.2) is 8.42 Å². The Labute approximate surface area is 287 Å². The summed E-state index contributed by atoms with van der Waals surface area (Å²) in [5.41, 5.74) is 2.72. The van der Waals surface area contributed by atoms with Gasteiger partial charge in [0.05, 0.1) is 20.6 Å². The van der Waals surface area contributed by atoms with Gasteiger partial charge in [-0.2, -0.15) is 0 Å². The van der Waals surface area contributed by atoms with Gasteiger partial charge in [0.1, 0.15) is 12.6 Å². The number of halogens is 2. The normalized spacial score (nSPS) is 14.0. The highest BCUT2D eigenvalue weighted by molar-refractivity contribution is 7.92. The number of carbonyl (C=O) groups excluding carboxylic acids is 2. The van der Waals surface area contributed by atoms with Crippen LogP contribution in [0.4, 0.5) is 5.69 Å². The van der Waals surface area contributed by atoms with Crippen LogP contribution in [-0.4, -0.2) is 43.8 Å². The fourth-order valence-corrected chi connectivity index (χ4v) is 7.84. The van der Waals surface area contributed by atoms with Crippen molar-refractivity contribution in [2.45, 2.75) is 69.0 Å². The molecule has 246 valence electrons. The summed E-state index contributed by atoms with van der Waals surface area (Å²) in [6.45, 7) is 1.44. The van der Waals surface area contributed by atoms with E-state index in [0.717, 1.165) is 36.8 Å². The molecule has 10 heteroatoms. The standard InChI is InChI=1S/C37H39Cl2N3O4S/c1-2-29-15-9-12-20-34(29)42(47(45,46)31-18-7-4-8-19-31)26-36(43)41(25-28-21-22-32(38)33(39)23-28)35(24-27-13-5-3-6-14-27)37(44)40-30-16-10-11-17-30/h3-9,12-15,18-23,30,35H,2,10-11,16-17,24-26H2,1H3,(H,40,44)/t35-/m0/s1. The van der Waals surface area contributed by atoms with E-state index >= 15 is 0 Å². The topological polar surface area (TPSA) is 86.8 Å². The second-order valence-electron chi connectivity index (χ2n) is 11.8. The fraction of sp³-hybridized carbons (Fsp3) is 0.297. The van der Waals surface area contributed by atoms with Crippen LogP contribution in [0.5, 0.6) is 0 Å². The van der Waals surface area contributed by atoms with Gasteiger partial charge >= 0.3 is 0 Å². The number of nitrogens with zero attached hydrogens (tertiary/aromatic N) is 2. The first-order chi connectivity index (χ1) is 22.7. The van der Waals surface area contributed by atoms with Crippen molar-refractivity contribution < 1.29 is 18.0 Å². The van der Waals surface area contributed by atoms with Crippen molar-refractivity contribution in [2.24, 2.45) is 0 Å². The highest BCUT2D eigenvalue weighted by atomic mass is 35.5. The number of amides is 2. The molecule has 0 radical (unpaired) electrons. The molecule has 0 spiro atoms. The molecule has 1 N–H and O–H groups in total. The van der Waals surface area contributed by atoms with Crippen LogP contribution in [0, 0.1) is 0 Å². The quantitative estimate of drug-likeness (QED) is 0.158. The molecule has 0 aromatic heterocycles. The van der Waals surface area contributed by atoms with Crippen LogP contribution in [0.15, 0.2) is 108 Å². The summed E-state index contributed by atoms with van der Waals surface area (Å²) in [6.07, 6.45) is 4.61. The summed E-state index contributed by atoms with van der Waals surface area (Å²) in [7, 11) is -4.18. The van der Waals surface area contributed by atoms with Gasteiger partial charge in [-0.05, 0) is 66.3 Å². The minimum Gasteiger partial charge on any atom is -0.352 e. The van der Waals surface area contributed by atoms with Crippen molar-refractivity contribution in [1.82, 2.24) is 10.2 Å². The summed E-state index contributed by atoms with van der Waals surface area (Å²) < 4.78 is 29.7. The summed E-state index contributed by atoms with van der Waals surface area (Å²) >= 11 is 12.6. The zero-order chi connectivity index (χ0) is 33.4. The summed E-state index contributed by atoms with van der Waals surface area (Å²) in [5.74, 6) is -0.801. The van der Waals surface area contributed by atoms with Crippen molar-refractivity contribution in [2.75, 3.05) is 10.8 Å². The Hall–Kier alpha value is -3.85. The Morgan fingerprint density at radius 2 is 1.47 bits per heavy atom. The molecule has 4 aromatic rings. The van der Waals surface area contributed by atoms with E-state index in [9.17, 15) is 18.0 Å². The van der Waals surface area contributed by atoms with Crippen LogP contribution >= 0.6 is 23.2 Å². The molecular formula is C37H39Cl2N3O4S. The summed E-state index contributed by atoms with van der Waals surface area (Å²) in [4.78, 5) is 30.4. The second-order valence-corrected chi connectivity index (χ2v) is 14.4. The molecule has 0 aliphatic heterocycles. The molecule has 5 rings (SSSR count). The molecule has 1 aliphatic carbocycles. The number of rotatable bonds is 13. The van der Waals surface area contributed by atoms with Gasteiger partial charge in [-0.3, -0.25) is 13.9 Å². The van der Waals surface area contributed by atoms with Crippen LogP contribution in [0.1, 0.15) is 49.3 Å². The molecule has 1 saturated carbocycles. The molecule has 1 aliphatic rings. The molecule has 0 saturated heterocycles. The lowest BCUT2D eigenvalue weighted by atomic mass is 10.0. The monoisotopic (exact) mass is 691 g/mol. The molecular weight excluding hydrogens is 653 g/mol. The largest absolute Gasteiger partial charge is 0.352 e. The van der Waals surface area contributed by atoms with E-state index in [1.165, 1.54) is 21.3 Å². The minimum absolute atomic E-state index is 0.0138. The third-order valence-corrected chi connectivity index (χ3v) is 11.1. The first kappa shape index (κ1) is 34.5. The molecule has 1 fully saturated rings. The zero-order valence-corrected chi connectivity index (χ0v) is 28.6. The van der Waals surface area contributed by atoms with Crippen LogP contribution < -0.4 is 9.62 Å². The van der Waals surface area contributed by atoms with Crippen molar-refractivity contribution in [3.8, 4) is 0 Å². The van der Waals surface area contributed by atoms with Gasteiger partial charge in [0.25, 0.3) is 10.0 Å². The maximum Gasteiger partial charge on any atom is 0.264 e. The molecule has 1 atom stereocenters. The van der Waals surface area contributed by atoms with Gasteiger partial charge in [0, 0.05) is 19.0 Å². The zero-order valence-electron chi connectivity index (χ0n) is 26.3. The molecule has 4 aromatic carbocycles. The van der Waals surface area contributed by atoms with E-state index in [2.05, 4.69) is 5.32 Å². The fourth-order valence-electron chi connectivity index (χ4n) is 6.04. The molecule has 7 nitrogen and oxygen atoms in total. The molecule has 0 bridgehead atoms. The van der Waals surface area contributed by atoms with Crippen molar-refractivity contribution in [3.05, 3.63) is 130 Å². The predicted molar refractivity (Wildman–Crippen MR) is 188 cm³/mol. The number of nitrogens with one attached hydrogen (secondary N) is 1. The van der Waals surface area contributed by atoms with Crippen LogP contribution in [0.2, 0.25) is 10.0 Å². The van der Waals surface area contributed by atoms with Gasteiger partial charge < -0.3 is 10.2 Å². The lowest BCUT2D eigenvalue weighted by Gasteiger charge is -2.34. The maximum absolute atomic E-state index is 14.7. The van der Waals surface area contributed by atoms with Crippen LogP contribution in [0.3, 0.4) is 0 Å². The number of para-hydroxylation sites is 1. The number of anilines is 1. The van der Waals surface area contributed by atoms with Gasteiger partial charge in [0.15, 0.2) is 0 Å². The van der Waals surface area contributed by atoms with Crippen LogP contribution in [0.25, 0.3) is 0 Å².